The predicted octanol–water partition coefficient (Wildman–Crippen LogP) is 3.79. The van der Waals surface area contributed by atoms with Gasteiger partial charge in [0, 0.05) is 21.7 Å². The SMILES string of the molecule is Cc1cc(C(=O)Cc2ccccc2)c(C)s1. The fraction of sp³-hybridized carbons (Fsp3) is 0.214. The molecule has 2 heteroatoms. The standard InChI is InChI=1S/C14H14OS/c1-10-8-13(11(2)16-10)14(15)9-12-6-4-3-5-7-12/h3-8H,9H2,1-2H3. The Morgan fingerprint density at radius 2 is 1.88 bits per heavy atom. The van der Waals surface area contributed by atoms with Crippen LogP contribution in [0.5, 0.6) is 0 Å². The first-order chi connectivity index (χ1) is 7.66. The Balaban J connectivity index is 2.18. The van der Waals surface area contributed by atoms with Gasteiger partial charge in [0.1, 0.15) is 0 Å². The van der Waals surface area contributed by atoms with E-state index < -0.39 is 0 Å². The van der Waals surface area contributed by atoms with Crippen molar-refractivity contribution >= 4 is 17.1 Å². The van der Waals surface area contributed by atoms with Crippen molar-refractivity contribution in [1.82, 2.24) is 0 Å². The molecule has 0 aliphatic carbocycles. The first-order valence-corrected chi connectivity index (χ1v) is 6.12. The van der Waals surface area contributed by atoms with Crippen LogP contribution in [0.15, 0.2) is 36.4 Å². The molecular formula is C14H14OS. The molecule has 0 bridgehead atoms. The van der Waals surface area contributed by atoms with E-state index in [9.17, 15) is 4.79 Å². The minimum atomic E-state index is 0.216. The van der Waals surface area contributed by atoms with Crippen LogP contribution >= 0.6 is 11.3 Å². The van der Waals surface area contributed by atoms with Crippen molar-refractivity contribution < 1.29 is 4.79 Å². The molecule has 0 N–H and O–H groups in total. The largest absolute Gasteiger partial charge is 0.294 e. The summed E-state index contributed by atoms with van der Waals surface area (Å²) in [6, 6.07) is 11.9. The molecule has 0 atom stereocenters. The lowest BCUT2D eigenvalue weighted by molar-refractivity contribution is 0.0993. The number of thiophene rings is 1. The van der Waals surface area contributed by atoms with Gasteiger partial charge in [0.2, 0.25) is 0 Å². The van der Waals surface area contributed by atoms with Crippen molar-refractivity contribution in [1.29, 1.82) is 0 Å². The maximum atomic E-state index is 12.1. The van der Waals surface area contributed by atoms with Crippen LogP contribution in [0, 0.1) is 13.8 Å². The zero-order valence-corrected chi connectivity index (χ0v) is 10.3. The highest BCUT2D eigenvalue weighted by Crippen LogP contribution is 2.22. The molecule has 0 radical (unpaired) electrons. The van der Waals surface area contributed by atoms with Crippen LogP contribution in [0.1, 0.15) is 25.7 Å². The van der Waals surface area contributed by atoms with Crippen LogP contribution in [0.3, 0.4) is 0 Å². The molecular weight excluding hydrogens is 216 g/mol. The summed E-state index contributed by atoms with van der Waals surface area (Å²) in [4.78, 5) is 14.4. The van der Waals surface area contributed by atoms with Gasteiger partial charge in [0.05, 0.1) is 0 Å². The molecule has 0 aliphatic rings. The Morgan fingerprint density at radius 1 is 1.19 bits per heavy atom. The van der Waals surface area contributed by atoms with Crippen LogP contribution in [-0.4, -0.2) is 5.78 Å². The Morgan fingerprint density at radius 3 is 2.44 bits per heavy atom. The molecule has 0 unspecified atom stereocenters. The highest BCUT2D eigenvalue weighted by Gasteiger charge is 2.12. The zero-order valence-electron chi connectivity index (χ0n) is 9.49. The normalized spacial score (nSPS) is 10.4. The fourth-order valence-corrected chi connectivity index (χ4v) is 2.73. The minimum absolute atomic E-state index is 0.216. The van der Waals surface area contributed by atoms with E-state index in [-0.39, 0.29) is 5.78 Å². The molecule has 1 heterocycles. The molecule has 1 aromatic carbocycles. The lowest BCUT2D eigenvalue weighted by Crippen LogP contribution is -2.03. The number of benzene rings is 1. The van der Waals surface area contributed by atoms with E-state index in [2.05, 4.69) is 0 Å². The van der Waals surface area contributed by atoms with Crippen molar-refractivity contribution in [2.24, 2.45) is 0 Å². The summed E-state index contributed by atoms with van der Waals surface area (Å²) in [6.07, 6.45) is 0.498. The first kappa shape index (κ1) is 11.1. The molecule has 0 spiro atoms. The molecule has 1 nitrogen and oxygen atoms in total. The number of carbonyl (C=O) groups excluding carboxylic acids is 1. The highest BCUT2D eigenvalue weighted by atomic mass is 32.1. The molecule has 1 aromatic heterocycles. The van der Waals surface area contributed by atoms with E-state index in [1.54, 1.807) is 11.3 Å². The van der Waals surface area contributed by atoms with Crippen molar-refractivity contribution in [3.05, 3.63) is 57.3 Å². The summed E-state index contributed by atoms with van der Waals surface area (Å²) in [5.74, 6) is 0.216. The van der Waals surface area contributed by atoms with Gasteiger partial charge in [-0.1, -0.05) is 30.3 Å². The number of rotatable bonds is 3. The average Bonchev–Trinajstić information content (AvgIpc) is 2.59. The topological polar surface area (TPSA) is 17.1 Å². The summed E-state index contributed by atoms with van der Waals surface area (Å²) >= 11 is 1.69. The average molecular weight is 230 g/mol. The van der Waals surface area contributed by atoms with Crippen molar-refractivity contribution in [3.63, 3.8) is 0 Å². The monoisotopic (exact) mass is 230 g/mol. The van der Waals surface area contributed by atoms with Crippen LogP contribution in [0.4, 0.5) is 0 Å². The van der Waals surface area contributed by atoms with Crippen LogP contribution in [0.25, 0.3) is 0 Å². The second-order valence-electron chi connectivity index (χ2n) is 3.91. The number of Topliss-reactive ketones (excluding diaryl/α,β-unsaturated/α-hetero) is 1. The van der Waals surface area contributed by atoms with Crippen LogP contribution in [-0.2, 0) is 6.42 Å². The second-order valence-corrected chi connectivity index (χ2v) is 5.37. The molecule has 16 heavy (non-hydrogen) atoms. The summed E-state index contributed by atoms with van der Waals surface area (Å²) in [6.45, 7) is 4.05. The van der Waals surface area contributed by atoms with Gasteiger partial charge in [-0.3, -0.25) is 4.79 Å². The molecule has 2 rings (SSSR count). The molecule has 0 aliphatic heterocycles. The third kappa shape index (κ3) is 2.39. The number of aryl methyl sites for hydroxylation is 2. The third-order valence-corrected chi connectivity index (χ3v) is 3.51. The van der Waals surface area contributed by atoms with Crippen LogP contribution < -0.4 is 0 Å². The lowest BCUT2D eigenvalue weighted by atomic mass is 10.0. The summed E-state index contributed by atoms with van der Waals surface area (Å²) in [5.41, 5.74) is 1.96. The van der Waals surface area contributed by atoms with Crippen molar-refractivity contribution in [2.45, 2.75) is 20.3 Å². The van der Waals surface area contributed by atoms with Gasteiger partial charge >= 0.3 is 0 Å². The molecule has 0 amide bonds. The Labute approximate surface area is 99.8 Å². The maximum Gasteiger partial charge on any atom is 0.168 e. The number of ketones is 1. The molecule has 82 valence electrons. The number of hydrogen-bond acceptors (Lipinski definition) is 2. The molecule has 2 aromatic rings. The maximum absolute atomic E-state index is 12.1. The zero-order chi connectivity index (χ0) is 11.5. The van der Waals surface area contributed by atoms with Gasteiger partial charge < -0.3 is 0 Å². The summed E-state index contributed by atoms with van der Waals surface area (Å²) < 4.78 is 0. The number of hydrogen-bond donors (Lipinski definition) is 0. The molecule has 0 fully saturated rings. The van der Waals surface area contributed by atoms with Gasteiger partial charge in [0.25, 0.3) is 0 Å². The fourth-order valence-electron chi connectivity index (χ4n) is 1.78. The van der Waals surface area contributed by atoms with E-state index in [1.165, 1.54) is 4.88 Å². The van der Waals surface area contributed by atoms with E-state index >= 15 is 0 Å². The second kappa shape index (κ2) is 4.62. The van der Waals surface area contributed by atoms with Gasteiger partial charge in [-0.05, 0) is 25.5 Å². The third-order valence-electron chi connectivity index (χ3n) is 2.55. The molecule has 0 saturated carbocycles. The Bertz CT molecular complexity index is 497. The molecule has 0 saturated heterocycles. The van der Waals surface area contributed by atoms with Gasteiger partial charge in [-0.25, -0.2) is 0 Å². The van der Waals surface area contributed by atoms with Crippen molar-refractivity contribution in [3.8, 4) is 0 Å². The van der Waals surface area contributed by atoms with E-state index in [0.29, 0.717) is 6.42 Å². The number of carbonyl (C=O) groups is 1. The van der Waals surface area contributed by atoms with Gasteiger partial charge in [-0.15, -0.1) is 11.3 Å². The summed E-state index contributed by atoms with van der Waals surface area (Å²) in [7, 11) is 0. The predicted molar refractivity (Wildman–Crippen MR) is 68.3 cm³/mol. The summed E-state index contributed by atoms with van der Waals surface area (Å²) in [5, 5.41) is 0. The van der Waals surface area contributed by atoms with E-state index in [1.807, 2.05) is 50.2 Å². The Kier molecular flexibility index (Phi) is 3.20. The Hall–Kier alpha value is -1.41. The van der Waals surface area contributed by atoms with Gasteiger partial charge in [0.15, 0.2) is 5.78 Å². The highest BCUT2D eigenvalue weighted by molar-refractivity contribution is 7.12. The van der Waals surface area contributed by atoms with Crippen LogP contribution in [0.2, 0.25) is 0 Å². The van der Waals surface area contributed by atoms with E-state index in [0.717, 1.165) is 16.0 Å². The minimum Gasteiger partial charge on any atom is -0.294 e. The lowest BCUT2D eigenvalue weighted by Gasteiger charge is -2.00. The van der Waals surface area contributed by atoms with E-state index in [4.69, 9.17) is 0 Å². The van der Waals surface area contributed by atoms with Gasteiger partial charge in [-0.2, -0.15) is 0 Å². The van der Waals surface area contributed by atoms with Crippen molar-refractivity contribution in [2.75, 3.05) is 0 Å². The quantitative estimate of drug-likeness (QED) is 0.733. The first-order valence-electron chi connectivity index (χ1n) is 5.31. The smallest absolute Gasteiger partial charge is 0.168 e.